The average molecular weight is 298 g/mol. The van der Waals surface area contributed by atoms with Crippen molar-refractivity contribution in [2.75, 3.05) is 0 Å². The molecule has 0 fully saturated rings. The first-order chi connectivity index (χ1) is 10.1. The molecule has 4 heteroatoms. The van der Waals surface area contributed by atoms with Crippen LogP contribution in [0.3, 0.4) is 0 Å². The molecule has 0 radical (unpaired) electrons. The number of aliphatic imine (C=N–C) groups is 1. The summed E-state index contributed by atoms with van der Waals surface area (Å²) in [6.07, 6.45) is 1.66. The molecular formula is C17H12ClNO2. The SMILES string of the molecule is Cc1ccc(C2=N/C(=C/c3cccc(Cl)c3)C(=O)O2)cc1. The fourth-order valence-electron chi connectivity index (χ4n) is 1.98. The number of cyclic esters (lactones) is 1. The Labute approximate surface area is 127 Å². The number of nitrogens with zero attached hydrogens (tertiary/aromatic N) is 1. The molecule has 0 amide bonds. The second kappa shape index (κ2) is 5.54. The first-order valence-electron chi connectivity index (χ1n) is 6.47. The van der Waals surface area contributed by atoms with E-state index in [0.717, 1.165) is 16.7 Å². The molecule has 3 rings (SSSR count). The van der Waals surface area contributed by atoms with Gasteiger partial charge in [-0.25, -0.2) is 9.79 Å². The zero-order valence-corrected chi connectivity index (χ0v) is 12.1. The highest BCUT2D eigenvalue weighted by molar-refractivity contribution is 6.30. The Morgan fingerprint density at radius 2 is 1.90 bits per heavy atom. The Morgan fingerprint density at radius 3 is 2.62 bits per heavy atom. The molecule has 1 heterocycles. The minimum Gasteiger partial charge on any atom is -0.402 e. The Kier molecular flexibility index (Phi) is 3.59. The van der Waals surface area contributed by atoms with Crippen LogP contribution >= 0.6 is 11.6 Å². The largest absolute Gasteiger partial charge is 0.402 e. The van der Waals surface area contributed by atoms with Crippen molar-refractivity contribution < 1.29 is 9.53 Å². The normalized spacial score (nSPS) is 16.0. The molecule has 0 aliphatic carbocycles. The maximum absolute atomic E-state index is 11.9. The third kappa shape index (κ3) is 3.03. The first kappa shape index (κ1) is 13.6. The van der Waals surface area contributed by atoms with Crippen LogP contribution in [-0.4, -0.2) is 11.9 Å². The van der Waals surface area contributed by atoms with Gasteiger partial charge in [0, 0.05) is 10.6 Å². The Balaban J connectivity index is 1.93. The third-order valence-corrected chi connectivity index (χ3v) is 3.31. The quantitative estimate of drug-likeness (QED) is 0.621. The van der Waals surface area contributed by atoms with Crippen molar-refractivity contribution in [1.82, 2.24) is 0 Å². The Hall–Kier alpha value is -2.39. The molecule has 0 aromatic heterocycles. The molecule has 0 saturated carbocycles. The summed E-state index contributed by atoms with van der Waals surface area (Å²) >= 11 is 5.92. The molecule has 1 aliphatic heterocycles. The highest BCUT2D eigenvalue weighted by Gasteiger charge is 2.23. The number of halogens is 1. The molecule has 2 aromatic rings. The first-order valence-corrected chi connectivity index (χ1v) is 6.85. The van der Waals surface area contributed by atoms with E-state index in [-0.39, 0.29) is 5.70 Å². The summed E-state index contributed by atoms with van der Waals surface area (Å²) in [4.78, 5) is 16.1. The molecule has 0 atom stereocenters. The lowest BCUT2D eigenvalue weighted by molar-refractivity contribution is -0.129. The number of ether oxygens (including phenoxy) is 1. The van der Waals surface area contributed by atoms with Crippen LogP contribution in [0.2, 0.25) is 5.02 Å². The molecule has 0 saturated heterocycles. The smallest absolute Gasteiger partial charge is 0.363 e. The molecule has 0 unspecified atom stereocenters. The van der Waals surface area contributed by atoms with Crippen LogP contribution in [0.5, 0.6) is 0 Å². The van der Waals surface area contributed by atoms with Gasteiger partial charge in [-0.05, 0) is 42.8 Å². The highest BCUT2D eigenvalue weighted by atomic mass is 35.5. The van der Waals surface area contributed by atoms with E-state index < -0.39 is 5.97 Å². The molecular weight excluding hydrogens is 286 g/mol. The predicted octanol–water partition coefficient (Wildman–Crippen LogP) is 3.99. The predicted molar refractivity (Wildman–Crippen MR) is 83.2 cm³/mol. The molecule has 1 aliphatic rings. The van der Waals surface area contributed by atoms with Crippen molar-refractivity contribution in [2.45, 2.75) is 6.92 Å². The van der Waals surface area contributed by atoms with Crippen LogP contribution in [-0.2, 0) is 9.53 Å². The summed E-state index contributed by atoms with van der Waals surface area (Å²) in [7, 11) is 0. The molecule has 104 valence electrons. The van der Waals surface area contributed by atoms with Crippen molar-refractivity contribution in [3.8, 4) is 0 Å². The van der Waals surface area contributed by atoms with Crippen LogP contribution < -0.4 is 0 Å². The fraction of sp³-hybridized carbons (Fsp3) is 0.0588. The van der Waals surface area contributed by atoms with Crippen molar-refractivity contribution in [3.05, 3.63) is 75.9 Å². The van der Waals surface area contributed by atoms with Crippen molar-refractivity contribution in [2.24, 2.45) is 4.99 Å². The molecule has 0 spiro atoms. The minimum absolute atomic E-state index is 0.271. The number of carbonyl (C=O) groups is 1. The van der Waals surface area contributed by atoms with Gasteiger partial charge in [0.25, 0.3) is 0 Å². The summed E-state index contributed by atoms with van der Waals surface area (Å²) in [5.41, 5.74) is 3.00. The van der Waals surface area contributed by atoms with Crippen molar-refractivity contribution >= 4 is 29.5 Å². The van der Waals surface area contributed by atoms with E-state index in [1.807, 2.05) is 43.3 Å². The summed E-state index contributed by atoms with van der Waals surface area (Å²) in [6.45, 7) is 2.00. The summed E-state index contributed by atoms with van der Waals surface area (Å²) in [5, 5.41) is 0.610. The molecule has 0 bridgehead atoms. The lowest BCUT2D eigenvalue weighted by Gasteiger charge is -1.99. The van der Waals surface area contributed by atoms with Gasteiger partial charge in [-0.2, -0.15) is 0 Å². The number of hydrogen-bond donors (Lipinski definition) is 0. The van der Waals surface area contributed by atoms with E-state index in [1.54, 1.807) is 18.2 Å². The second-order valence-electron chi connectivity index (χ2n) is 4.76. The van der Waals surface area contributed by atoms with E-state index in [1.165, 1.54) is 0 Å². The van der Waals surface area contributed by atoms with Crippen LogP contribution in [0.1, 0.15) is 16.7 Å². The second-order valence-corrected chi connectivity index (χ2v) is 5.19. The van der Waals surface area contributed by atoms with E-state index >= 15 is 0 Å². The van der Waals surface area contributed by atoms with Crippen molar-refractivity contribution in [1.29, 1.82) is 0 Å². The standard InChI is InChI=1S/C17H12ClNO2/c1-11-5-7-13(8-6-11)16-19-15(17(20)21-16)10-12-3-2-4-14(18)9-12/h2-10H,1H3/b15-10+. The average Bonchev–Trinajstić information content (AvgIpc) is 2.81. The highest BCUT2D eigenvalue weighted by Crippen LogP contribution is 2.20. The van der Waals surface area contributed by atoms with Gasteiger partial charge in [0.1, 0.15) is 0 Å². The zero-order valence-electron chi connectivity index (χ0n) is 11.3. The van der Waals surface area contributed by atoms with Crippen LogP contribution in [0, 0.1) is 6.92 Å². The van der Waals surface area contributed by atoms with E-state index in [4.69, 9.17) is 16.3 Å². The third-order valence-electron chi connectivity index (χ3n) is 3.07. The topological polar surface area (TPSA) is 38.7 Å². The van der Waals surface area contributed by atoms with Gasteiger partial charge in [0.2, 0.25) is 5.90 Å². The minimum atomic E-state index is -0.453. The van der Waals surface area contributed by atoms with Crippen LogP contribution in [0.15, 0.2) is 59.2 Å². The number of aryl methyl sites for hydroxylation is 1. The maximum Gasteiger partial charge on any atom is 0.363 e. The van der Waals surface area contributed by atoms with E-state index in [2.05, 4.69) is 4.99 Å². The maximum atomic E-state index is 11.9. The Bertz CT molecular complexity index is 761. The number of rotatable bonds is 2. The van der Waals surface area contributed by atoms with Gasteiger partial charge in [-0.15, -0.1) is 0 Å². The Morgan fingerprint density at radius 1 is 1.14 bits per heavy atom. The summed E-state index contributed by atoms with van der Waals surface area (Å²) < 4.78 is 5.21. The van der Waals surface area contributed by atoms with Gasteiger partial charge in [0.15, 0.2) is 5.70 Å². The number of carbonyl (C=O) groups excluding carboxylic acids is 1. The van der Waals surface area contributed by atoms with Crippen LogP contribution in [0.25, 0.3) is 6.08 Å². The lowest BCUT2D eigenvalue weighted by Crippen LogP contribution is -2.05. The molecule has 21 heavy (non-hydrogen) atoms. The van der Waals surface area contributed by atoms with Crippen LogP contribution in [0.4, 0.5) is 0 Å². The number of benzene rings is 2. The summed E-state index contributed by atoms with van der Waals surface area (Å²) in [6, 6.07) is 14.9. The van der Waals surface area contributed by atoms with Gasteiger partial charge in [0.05, 0.1) is 0 Å². The number of hydrogen-bond acceptors (Lipinski definition) is 3. The van der Waals surface area contributed by atoms with Crippen molar-refractivity contribution in [3.63, 3.8) is 0 Å². The van der Waals surface area contributed by atoms with Gasteiger partial charge in [-0.1, -0.05) is 41.4 Å². The number of esters is 1. The molecule has 3 nitrogen and oxygen atoms in total. The molecule has 0 N–H and O–H groups in total. The summed E-state index contributed by atoms with van der Waals surface area (Å²) in [5.74, 6) is -0.126. The monoisotopic (exact) mass is 297 g/mol. The van der Waals surface area contributed by atoms with E-state index in [9.17, 15) is 4.79 Å². The van der Waals surface area contributed by atoms with Gasteiger partial charge >= 0.3 is 5.97 Å². The van der Waals surface area contributed by atoms with Gasteiger partial charge < -0.3 is 4.74 Å². The lowest BCUT2D eigenvalue weighted by atomic mass is 10.1. The fourth-order valence-corrected chi connectivity index (χ4v) is 2.18. The van der Waals surface area contributed by atoms with Gasteiger partial charge in [-0.3, -0.25) is 0 Å². The zero-order chi connectivity index (χ0) is 14.8. The van der Waals surface area contributed by atoms with E-state index in [0.29, 0.717) is 10.9 Å². The molecule has 2 aromatic carbocycles.